The van der Waals surface area contributed by atoms with Gasteiger partial charge < -0.3 is 16.0 Å². The van der Waals surface area contributed by atoms with Crippen molar-refractivity contribution in [2.45, 2.75) is 38.3 Å². The predicted octanol–water partition coefficient (Wildman–Crippen LogP) is 1.78. The number of hydrogen-bond donors (Lipinski definition) is 2. The lowest BCUT2D eigenvalue weighted by atomic mass is 9.97. The van der Waals surface area contributed by atoms with Gasteiger partial charge >= 0.3 is 0 Å². The van der Waals surface area contributed by atoms with Gasteiger partial charge in [-0.15, -0.1) is 0 Å². The third-order valence-electron chi connectivity index (χ3n) is 4.35. The minimum Gasteiger partial charge on any atom is -0.369 e. The highest BCUT2D eigenvalue weighted by molar-refractivity contribution is 5.77. The quantitative estimate of drug-likeness (QED) is 0.869. The van der Waals surface area contributed by atoms with Gasteiger partial charge in [0.25, 0.3) is 0 Å². The zero-order chi connectivity index (χ0) is 14.8. The van der Waals surface area contributed by atoms with Crippen molar-refractivity contribution in [3.8, 4) is 0 Å². The number of piperidine rings is 1. The molecule has 1 saturated heterocycles. The summed E-state index contributed by atoms with van der Waals surface area (Å²) in [5.41, 5.74) is 6.92. The van der Waals surface area contributed by atoms with Crippen LogP contribution in [-0.2, 0) is 11.3 Å². The Morgan fingerprint density at radius 2 is 2.19 bits per heavy atom. The van der Waals surface area contributed by atoms with Crippen molar-refractivity contribution < 1.29 is 9.18 Å². The number of nitrogens with two attached hydrogens (primary N) is 1. The Morgan fingerprint density at radius 1 is 1.38 bits per heavy atom. The van der Waals surface area contributed by atoms with Crippen LogP contribution >= 0.6 is 0 Å². The molecule has 3 N–H and O–H groups in total. The molecule has 5 heteroatoms. The van der Waals surface area contributed by atoms with Crippen LogP contribution in [0, 0.1) is 11.7 Å². The van der Waals surface area contributed by atoms with Crippen molar-refractivity contribution in [2.24, 2.45) is 11.7 Å². The van der Waals surface area contributed by atoms with Crippen LogP contribution in [-0.4, -0.2) is 25.0 Å². The second-order valence-electron chi connectivity index (χ2n) is 6.13. The summed E-state index contributed by atoms with van der Waals surface area (Å²) in [7, 11) is 0. The summed E-state index contributed by atoms with van der Waals surface area (Å²) in [5.74, 6) is -0.671. The van der Waals surface area contributed by atoms with E-state index in [4.69, 9.17) is 5.73 Å². The van der Waals surface area contributed by atoms with Crippen LogP contribution in [0.25, 0.3) is 0 Å². The number of primary amides is 1. The van der Waals surface area contributed by atoms with Crippen LogP contribution in [0.5, 0.6) is 0 Å². The van der Waals surface area contributed by atoms with E-state index in [0.29, 0.717) is 24.8 Å². The maximum absolute atomic E-state index is 14.3. The topological polar surface area (TPSA) is 58.4 Å². The first-order valence-electron chi connectivity index (χ1n) is 7.69. The minimum atomic E-state index is -0.287. The second-order valence-corrected chi connectivity index (χ2v) is 6.13. The molecule has 4 nitrogen and oxygen atoms in total. The molecule has 3 rings (SSSR count). The van der Waals surface area contributed by atoms with Crippen molar-refractivity contribution in [1.29, 1.82) is 0 Å². The molecule has 1 aliphatic carbocycles. The largest absolute Gasteiger partial charge is 0.369 e. The zero-order valence-corrected chi connectivity index (χ0v) is 12.1. The van der Waals surface area contributed by atoms with Crippen molar-refractivity contribution in [3.05, 3.63) is 29.6 Å². The number of nitrogens with one attached hydrogen (secondary N) is 1. The SMILES string of the molecule is NC(=O)C1CCCN(c2ccc(CNC3CC3)cc2F)C1. The molecule has 2 fully saturated rings. The predicted molar refractivity (Wildman–Crippen MR) is 80.4 cm³/mol. The maximum Gasteiger partial charge on any atom is 0.222 e. The molecule has 1 unspecified atom stereocenters. The lowest BCUT2D eigenvalue weighted by Gasteiger charge is -2.33. The molecule has 2 aliphatic rings. The molecule has 0 bridgehead atoms. The Morgan fingerprint density at radius 3 is 2.86 bits per heavy atom. The molecule has 1 aliphatic heterocycles. The summed E-state index contributed by atoms with van der Waals surface area (Å²) in [6.07, 6.45) is 4.13. The van der Waals surface area contributed by atoms with E-state index in [0.717, 1.165) is 24.9 Å². The van der Waals surface area contributed by atoms with E-state index in [1.807, 2.05) is 17.0 Å². The molecule has 1 atom stereocenters. The highest BCUT2D eigenvalue weighted by Gasteiger charge is 2.25. The fourth-order valence-corrected chi connectivity index (χ4v) is 2.89. The van der Waals surface area contributed by atoms with Gasteiger partial charge in [0.1, 0.15) is 5.82 Å². The van der Waals surface area contributed by atoms with Gasteiger partial charge in [0, 0.05) is 25.7 Å². The number of nitrogens with zero attached hydrogens (tertiary/aromatic N) is 1. The molecule has 1 aromatic rings. The van der Waals surface area contributed by atoms with Crippen LogP contribution in [0.2, 0.25) is 0 Å². The second kappa shape index (κ2) is 6.02. The number of carbonyl (C=O) groups excluding carboxylic acids is 1. The van der Waals surface area contributed by atoms with Crippen molar-refractivity contribution in [3.63, 3.8) is 0 Å². The molecule has 1 heterocycles. The highest BCUT2D eigenvalue weighted by Crippen LogP contribution is 2.27. The van der Waals surface area contributed by atoms with Gasteiger partial charge in [0.15, 0.2) is 0 Å². The van der Waals surface area contributed by atoms with Crippen LogP contribution in [0.3, 0.4) is 0 Å². The first kappa shape index (κ1) is 14.3. The zero-order valence-electron chi connectivity index (χ0n) is 12.1. The number of rotatable bonds is 5. The van der Waals surface area contributed by atoms with Crippen LogP contribution in [0.1, 0.15) is 31.2 Å². The van der Waals surface area contributed by atoms with Gasteiger partial charge in [-0.3, -0.25) is 4.79 Å². The van der Waals surface area contributed by atoms with E-state index < -0.39 is 0 Å². The van der Waals surface area contributed by atoms with Gasteiger partial charge in [-0.25, -0.2) is 4.39 Å². The first-order valence-corrected chi connectivity index (χ1v) is 7.69. The summed E-state index contributed by atoms with van der Waals surface area (Å²) >= 11 is 0. The van der Waals surface area contributed by atoms with E-state index >= 15 is 0 Å². The van der Waals surface area contributed by atoms with Crippen LogP contribution < -0.4 is 16.0 Å². The van der Waals surface area contributed by atoms with E-state index in [9.17, 15) is 9.18 Å². The Kier molecular flexibility index (Phi) is 4.10. The van der Waals surface area contributed by atoms with Crippen LogP contribution in [0.4, 0.5) is 10.1 Å². The van der Waals surface area contributed by atoms with Gasteiger partial charge in [-0.2, -0.15) is 0 Å². The molecule has 114 valence electrons. The van der Waals surface area contributed by atoms with Crippen LogP contribution in [0.15, 0.2) is 18.2 Å². The maximum atomic E-state index is 14.3. The number of anilines is 1. The summed E-state index contributed by atoms with van der Waals surface area (Å²) < 4.78 is 14.3. The third kappa shape index (κ3) is 3.53. The molecular formula is C16H22FN3O. The Labute approximate surface area is 124 Å². The minimum absolute atomic E-state index is 0.172. The smallest absolute Gasteiger partial charge is 0.222 e. The standard InChI is InChI=1S/C16H22FN3O/c17-14-8-11(9-19-13-4-5-13)3-6-15(14)20-7-1-2-12(10-20)16(18)21/h3,6,8,12-13,19H,1-2,4-5,7,9-10H2,(H2,18,21). The molecule has 0 radical (unpaired) electrons. The van der Waals surface area contributed by atoms with Gasteiger partial charge in [0.05, 0.1) is 11.6 Å². The molecule has 0 spiro atoms. The summed E-state index contributed by atoms with van der Waals surface area (Å²) in [6, 6.07) is 5.99. The fraction of sp³-hybridized carbons (Fsp3) is 0.562. The molecule has 1 aromatic carbocycles. The molecule has 0 aromatic heterocycles. The van der Waals surface area contributed by atoms with Gasteiger partial charge in [0.2, 0.25) is 5.91 Å². The van der Waals surface area contributed by atoms with Crippen molar-refractivity contribution in [2.75, 3.05) is 18.0 Å². The third-order valence-corrected chi connectivity index (χ3v) is 4.35. The number of amides is 1. The molecule has 1 saturated carbocycles. The normalized spacial score (nSPS) is 22.3. The summed E-state index contributed by atoms with van der Waals surface area (Å²) in [5, 5.41) is 3.38. The van der Waals surface area contributed by atoms with Gasteiger partial charge in [-0.1, -0.05) is 6.07 Å². The first-order chi connectivity index (χ1) is 10.1. The van der Waals surface area contributed by atoms with Crippen molar-refractivity contribution in [1.82, 2.24) is 5.32 Å². The average Bonchev–Trinajstić information content (AvgIpc) is 3.29. The number of carbonyl (C=O) groups is 1. The Balaban J connectivity index is 1.67. The number of benzene rings is 1. The average molecular weight is 291 g/mol. The molecule has 1 amide bonds. The van der Waals surface area contributed by atoms with Gasteiger partial charge in [-0.05, 0) is 43.4 Å². The Bertz CT molecular complexity index is 530. The summed E-state index contributed by atoms with van der Waals surface area (Å²) in [6.45, 7) is 2.01. The van der Waals surface area contributed by atoms with E-state index in [1.165, 1.54) is 12.8 Å². The van der Waals surface area contributed by atoms with Crippen molar-refractivity contribution >= 4 is 11.6 Å². The lowest BCUT2D eigenvalue weighted by molar-refractivity contribution is -0.122. The monoisotopic (exact) mass is 291 g/mol. The number of halogens is 1. The molecular weight excluding hydrogens is 269 g/mol. The fourth-order valence-electron chi connectivity index (χ4n) is 2.89. The highest BCUT2D eigenvalue weighted by atomic mass is 19.1. The van der Waals surface area contributed by atoms with E-state index in [-0.39, 0.29) is 17.6 Å². The Hall–Kier alpha value is -1.62. The molecule has 21 heavy (non-hydrogen) atoms. The van der Waals surface area contributed by atoms with E-state index in [2.05, 4.69) is 5.32 Å². The van der Waals surface area contributed by atoms with E-state index in [1.54, 1.807) is 6.07 Å². The lowest BCUT2D eigenvalue weighted by Crippen LogP contribution is -2.41. The number of hydrogen-bond acceptors (Lipinski definition) is 3. The summed E-state index contributed by atoms with van der Waals surface area (Å²) in [4.78, 5) is 13.3.